The number of aromatic amines is 1. The molecule has 0 aromatic carbocycles. The molecule has 17 heavy (non-hydrogen) atoms. The highest BCUT2D eigenvalue weighted by molar-refractivity contribution is 7.89. The third-order valence-corrected chi connectivity index (χ3v) is 4.14. The first kappa shape index (κ1) is 12.2. The first-order valence-electron chi connectivity index (χ1n) is 4.72. The number of aromatic nitrogens is 3. The number of nitrogens with zero attached hydrogens (tertiary/aromatic N) is 2. The molecular weight excluding hydrogens is 262 g/mol. The van der Waals surface area contributed by atoms with Crippen LogP contribution in [-0.2, 0) is 23.1 Å². The molecule has 9 heteroatoms. The summed E-state index contributed by atoms with van der Waals surface area (Å²) in [6, 6.07) is 0. The molecule has 0 aliphatic carbocycles. The fourth-order valence-electron chi connectivity index (χ4n) is 1.24. The maximum absolute atomic E-state index is 11.9. The van der Waals surface area contributed by atoms with Crippen molar-refractivity contribution in [1.29, 1.82) is 0 Å². The SMILES string of the molecule is NCc1cn[nH]c1S(=O)(=O)NCc1cscn1. The van der Waals surface area contributed by atoms with Gasteiger partial charge in [-0.25, -0.2) is 18.1 Å². The molecule has 0 bridgehead atoms. The van der Waals surface area contributed by atoms with Crippen molar-refractivity contribution in [2.45, 2.75) is 18.1 Å². The third-order valence-electron chi connectivity index (χ3n) is 2.09. The highest BCUT2D eigenvalue weighted by Gasteiger charge is 2.19. The zero-order chi connectivity index (χ0) is 12.3. The molecule has 4 N–H and O–H groups in total. The Labute approximate surface area is 102 Å². The van der Waals surface area contributed by atoms with Gasteiger partial charge in [0.25, 0.3) is 10.0 Å². The second-order valence-corrected chi connectivity index (χ2v) is 5.66. The van der Waals surface area contributed by atoms with Crippen LogP contribution in [0, 0.1) is 0 Å². The summed E-state index contributed by atoms with van der Waals surface area (Å²) in [7, 11) is -3.62. The molecule has 0 saturated heterocycles. The van der Waals surface area contributed by atoms with Crippen LogP contribution in [0.2, 0.25) is 0 Å². The van der Waals surface area contributed by atoms with Crippen LogP contribution in [0.15, 0.2) is 22.1 Å². The number of rotatable bonds is 5. The Balaban J connectivity index is 2.14. The first-order chi connectivity index (χ1) is 8.13. The number of hydrogen-bond acceptors (Lipinski definition) is 6. The lowest BCUT2D eigenvalue weighted by Crippen LogP contribution is -2.25. The minimum atomic E-state index is -3.62. The van der Waals surface area contributed by atoms with E-state index in [0.29, 0.717) is 11.3 Å². The molecule has 0 atom stereocenters. The molecule has 2 heterocycles. The molecule has 2 aromatic rings. The van der Waals surface area contributed by atoms with Gasteiger partial charge in [-0.2, -0.15) is 5.10 Å². The summed E-state index contributed by atoms with van der Waals surface area (Å²) >= 11 is 1.41. The predicted octanol–water partition coefficient (Wildman–Crippen LogP) is -0.197. The molecule has 0 aliphatic rings. The van der Waals surface area contributed by atoms with Crippen LogP contribution in [0.1, 0.15) is 11.3 Å². The molecule has 0 radical (unpaired) electrons. The first-order valence-corrected chi connectivity index (χ1v) is 7.15. The fourth-order valence-corrected chi connectivity index (χ4v) is 2.94. The Morgan fingerprint density at radius 1 is 1.53 bits per heavy atom. The number of nitrogens with two attached hydrogens (primary N) is 1. The van der Waals surface area contributed by atoms with Crippen LogP contribution in [0.25, 0.3) is 0 Å². The van der Waals surface area contributed by atoms with Gasteiger partial charge in [-0.05, 0) is 0 Å². The minimum Gasteiger partial charge on any atom is -0.326 e. The van der Waals surface area contributed by atoms with E-state index in [9.17, 15) is 8.42 Å². The van der Waals surface area contributed by atoms with E-state index in [4.69, 9.17) is 5.73 Å². The molecule has 2 rings (SSSR count). The van der Waals surface area contributed by atoms with Crippen LogP contribution in [-0.4, -0.2) is 23.6 Å². The zero-order valence-electron chi connectivity index (χ0n) is 8.75. The summed E-state index contributed by atoms with van der Waals surface area (Å²) in [5, 5.41) is 7.88. The van der Waals surface area contributed by atoms with Gasteiger partial charge in [-0.3, -0.25) is 5.10 Å². The van der Waals surface area contributed by atoms with E-state index in [1.165, 1.54) is 17.5 Å². The summed E-state index contributed by atoms with van der Waals surface area (Å²) in [6.07, 6.45) is 1.40. The van der Waals surface area contributed by atoms with Crippen molar-refractivity contribution in [2.24, 2.45) is 5.73 Å². The normalized spacial score (nSPS) is 11.8. The van der Waals surface area contributed by atoms with Gasteiger partial charge in [0.15, 0.2) is 5.03 Å². The smallest absolute Gasteiger partial charge is 0.258 e. The van der Waals surface area contributed by atoms with E-state index in [0.717, 1.165) is 0 Å². The monoisotopic (exact) mass is 273 g/mol. The largest absolute Gasteiger partial charge is 0.326 e. The third kappa shape index (κ3) is 2.69. The fraction of sp³-hybridized carbons (Fsp3) is 0.250. The van der Waals surface area contributed by atoms with Crippen molar-refractivity contribution in [1.82, 2.24) is 19.9 Å². The lowest BCUT2D eigenvalue weighted by atomic mass is 10.4. The van der Waals surface area contributed by atoms with Gasteiger partial charge in [0.2, 0.25) is 0 Å². The highest BCUT2D eigenvalue weighted by Crippen LogP contribution is 2.11. The van der Waals surface area contributed by atoms with Gasteiger partial charge >= 0.3 is 0 Å². The van der Waals surface area contributed by atoms with Crippen LogP contribution < -0.4 is 10.5 Å². The van der Waals surface area contributed by atoms with E-state index >= 15 is 0 Å². The van der Waals surface area contributed by atoms with Crippen molar-refractivity contribution in [3.05, 3.63) is 28.3 Å². The summed E-state index contributed by atoms with van der Waals surface area (Å²) in [6.45, 7) is 0.262. The van der Waals surface area contributed by atoms with Crippen molar-refractivity contribution in [3.8, 4) is 0 Å². The number of thiazole rings is 1. The van der Waals surface area contributed by atoms with Gasteiger partial charge in [-0.1, -0.05) is 0 Å². The standard InChI is InChI=1S/C8H11N5O2S2/c9-1-6-2-11-13-8(6)17(14,15)12-3-7-4-16-5-10-7/h2,4-5,12H,1,3,9H2,(H,11,13). The van der Waals surface area contributed by atoms with E-state index in [2.05, 4.69) is 19.9 Å². The Bertz CT molecular complexity index is 575. The Morgan fingerprint density at radius 2 is 2.35 bits per heavy atom. The Morgan fingerprint density at radius 3 is 3.00 bits per heavy atom. The molecule has 92 valence electrons. The molecule has 2 aromatic heterocycles. The van der Waals surface area contributed by atoms with Crippen molar-refractivity contribution in [2.75, 3.05) is 0 Å². The lowest BCUT2D eigenvalue weighted by molar-refractivity contribution is 0.575. The predicted molar refractivity (Wildman–Crippen MR) is 62.6 cm³/mol. The van der Waals surface area contributed by atoms with Crippen molar-refractivity contribution >= 4 is 21.4 Å². The van der Waals surface area contributed by atoms with Crippen LogP contribution in [0.5, 0.6) is 0 Å². The quantitative estimate of drug-likeness (QED) is 0.698. The van der Waals surface area contributed by atoms with E-state index in [1.54, 1.807) is 10.9 Å². The molecule has 0 fully saturated rings. The van der Waals surface area contributed by atoms with Gasteiger partial charge in [0.1, 0.15) is 0 Å². The zero-order valence-corrected chi connectivity index (χ0v) is 10.4. The van der Waals surface area contributed by atoms with Gasteiger partial charge in [-0.15, -0.1) is 11.3 Å². The second kappa shape index (κ2) is 4.92. The van der Waals surface area contributed by atoms with E-state index in [1.807, 2.05) is 0 Å². The molecule has 0 unspecified atom stereocenters. The maximum atomic E-state index is 11.9. The summed E-state index contributed by atoms with van der Waals surface area (Å²) < 4.78 is 26.2. The minimum absolute atomic E-state index is 0.00947. The van der Waals surface area contributed by atoms with Gasteiger partial charge in [0.05, 0.1) is 23.9 Å². The number of sulfonamides is 1. The summed E-state index contributed by atoms with van der Waals surface area (Å²) in [4.78, 5) is 3.98. The topological polar surface area (TPSA) is 114 Å². The number of nitrogens with one attached hydrogen (secondary N) is 2. The van der Waals surface area contributed by atoms with Crippen LogP contribution in [0.4, 0.5) is 0 Å². The Hall–Kier alpha value is -1.29. The number of H-pyrrole nitrogens is 1. The van der Waals surface area contributed by atoms with Crippen molar-refractivity contribution in [3.63, 3.8) is 0 Å². The van der Waals surface area contributed by atoms with Crippen molar-refractivity contribution < 1.29 is 8.42 Å². The number of hydrogen-bond donors (Lipinski definition) is 3. The van der Waals surface area contributed by atoms with Gasteiger partial charge in [0, 0.05) is 17.5 Å². The maximum Gasteiger partial charge on any atom is 0.258 e. The molecule has 0 spiro atoms. The molecule has 0 aliphatic heterocycles. The average molecular weight is 273 g/mol. The van der Waals surface area contributed by atoms with E-state index in [-0.39, 0.29) is 18.1 Å². The average Bonchev–Trinajstić information content (AvgIpc) is 2.97. The van der Waals surface area contributed by atoms with Crippen LogP contribution in [0.3, 0.4) is 0 Å². The summed E-state index contributed by atoms with van der Waals surface area (Å²) in [5.74, 6) is 0. The molecule has 0 amide bonds. The van der Waals surface area contributed by atoms with E-state index < -0.39 is 10.0 Å². The molecular formula is C8H11N5O2S2. The van der Waals surface area contributed by atoms with Gasteiger partial charge < -0.3 is 5.73 Å². The van der Waals surface area contributed by atoms with Crippen LogP contribution >= 0.6 is 11.3 Å². The molecule has 0 saturated carbocycles. The summed E-state index contributed by atoms with van der Waals surface area (Å²) in [5.41, 5.74) is 8.19. The Kier molecular flexibility index (Phi) is 3.52. The lowest BCUT2D eigenvalue weighted by Gasteiger charge is -2.04. The molecule has 7 nitrogen and oxygen atoms in total. The highest BCUT2D eigenvalue weighted by atomic mass is 32.2. The second-order valence-electron chi connectivity index (χ2n) is 3.23.